The van der Waals surface area contributed by atoms with Gasteiger partial charge < -0.3 is 15.0 Å². The van der Waals surface area contributed by atoms with Gasteiger partial charge in [-0.1, -0.05) is 12.1 Å². The maximum Gasteiger partial charge on any atom is 0.224 e. The third-order valence-corrected chi connectivity index (χ3v) is 5.15. The minimum Gasteiger partial charge on any atom is -0.497 e. The number of anilines is 1. The number of nitrogens with zero attached hydrogens (tertiary/aromatic N) is 2. The molecule has 0 saturated carbocycles. The van der Waals surface area contributed by atoms with Gasteiger partial charge in [-0.15, -0.1) is 11.3 Å². The number of aromatic nitrogens is 1. The van der Waals surface area contributed by atoms with E-state index < -0.39 is 0 Å². The molecule has 0 aliphatic carbocycles. The summed E-state index contributed by atoms with van der Waals surface area (Å²) in [5, 5.41) is 6.18. The van der Waals surface area contributed by atoms with Crippen LogP contribution < -0.4 is 15.0 Å². The van der Waals surface area contributed by atoms with Crippen LogP contribution in [0.5, 0.6) is 5.75 Å². The molecule has 0 bridgehead atoms. The van der Waals surface area contributed by atoms with E-state index in [0.29, 0.717) is 12.3 Å². The van der Waals surface area contributed by atoms with Crippen LogP contribution in [0.2, 0.25) is 0 Å². The number of carbonyl (C=O) groups excluding carboxylic acids is 1. The molecule has 24 heavy (non-hydrogen) atoms. The largest absolute Gasteiger partial charge is 0.497 e. The standard InChI is InChI=1S/C18H23N3O2S/c1-23-16-6-4-14(5-7-16)11-17(22)20-12-15-3-2-9-21(13-15)18-19-8-10-24-18/h4-8,10,15H,2-3,9,11-13H2,1H3,(H,20,22). The first-order chi connectivity index (χ1) is 11.7. The zero-order valence-corrected chi connectivity index (χ0v) is 14.7. The van der Waals surface area contributed by atoms with E-state index in [1.165, 1.54) is 0 Å². The molecular formula is C18H23N3O2S. The molecule has 2 aromatic rings. The van der Waals surface area contributed by atoms with Gasteiger partial charge in [-0.25, -0.2) is 4.98 Å². The summed E-state index contributed by atoms with van der Waals surface area (Å²) in [5.41, 5.74) is 1.00. The van der Waals surface area contributed by atoms with E-state index in [0.717, 1.165) is 48.9 Å². The number of ether oxygens (including phenoxy) is 1. The molecule has 5 nitrogen and oxygen atoms in total. The molecule has 0 radical (unpaired) electrons. The molecule has 1 fully saturated rings. The molecule has 1 saturated heterocycles. The van der Waals surface area contributed by atoms with Gasteiger partial charge in [0, 0.05) is 31.2 Å². The molecule has 6 heteroatoms. The van der Waals surface area contributed by atoms with E-state index in [4.69, 9.17) is 4.74 Å². The van der Waals surface area contributed by atoms with Crippen molar-refractivity contribution >= 4 is 22.4 Å². The van der Waals surface area contributed by atoms with Gasteiger partial charge in [-0.05, 0) is 36.5 Å². The average molecular weight is 345 g/mol. The summed E-state index contributed by atoms with van der Waals surface area (Å²) in [6.07, 6.45) is 4.57. The molecule has 3 rings (SSSR count). The lowest BCUT2D eigenvalue weighted by Gasteiger charge is -2.32. The second-order valence-electron chi connectivity index (χ2n) is 6.10. The Balaban J connectivity index is 1.45. The van der Waals surface area contributed by atoms with Crippen molar-refractivity contribution in [1.82, 2.24) is 10.3 Å². The highest BCUT2D eigenvalue weighted by Crippen LogP contribution is 2.24. The Morgan fingerprint density at radius 2 is 2.25 bits per heavy atom. The predicted molar refractivity (Wildman–Crippen MR) is 96.8 cm³/mol. The van der Waals surface area contributed by atoms with Gasteiger partial charge in [0.05, 0.1) is 13.5 Å². The van der Waals surface area contributed by atoms with E-state index >= 15 is 0 Å². The van der Waals surface area contributed by atoms with Crippen LogP contribution in [0.3, 0.4) is 0 Å². The lowest BCUT2D eigenvalue weighted by atomic mass is 9.98. The predicted octanol–water partition coefficient (Wildman–Crippen LogP) is 2.73. The summed E-state index contributed by atoms with van der Waals surface area (Å²) in [7, 11) is 1.64. The van der Waals surface area contributed by atoms with Crippen molar-refractivity contribution in [3.05, 3.63) is 41.4 Å². The Kier molecular flexibility index (Phi) is 5.69. The highest BCUT2D eigenvalue weighted by atomic mass is 32.1. The van der Waals surface area contributed by atoms with Gasteiger partial charge in [-0.2, -0.15) is 0 Å². The molecule has 1 atom stereocenters. The maximum absolute atomic E-state index is 12.2. The fourth-order valence-corrected chi connectivity index (χ4v) is 3.71. The van der Waals surface area contributed by atoms with Crippen LogP contribution in [0, 0.1) is 5.92 Å². The second-order valence-corrected chi connectivity index (χ2v) is 6.97. The third kappa shape index (κ3) is 4.47. The Labute approximate surface area is 146 Å². The summed E-state index contributed by atoms with van der Waals surface area (Å²) in [4.78, 5) is 18.9. The minimum absolute atomic E-state index is 0.0755. The summed E-state index contributed by atoms with van der Waals surface area (Å²) in [6, 6.07) is 7.64. The van der Waals surface area contributed by atoms with Gasteiger partial charge in [0.1, 0.15) is 5.75 Å². The number of benzene rings is 1. The number of rotatable bonds is 6. The van der Waals surface area contributed by atoms with Crippen LogP contribution >= 0.6 is 11.3 Å². The third-order valence-electron chi connectivity index (χ3n) is 4.32. The monoisotopic (exact) mass is 345 g/mol. The number of methoxy groups -OCH3 is 1. The van der Waals surface area contributed by atoms with Crippen molar-refractivity contribution in [3.8, 4) is 5.75 Å². The zero-order chi connectivity index (χ0) is 16.8. The molecule has 1 aromatic heterocycles. The maximum atomic E-state index is 12.2. The topological polar surface area (TPSA) is 54.5 Å². The molecule has 1 amide bonds. The molecule has 1 N–H and O–H groups in total. The van der Waals surface area contributed by atoms with Gasteiger partial charge in [0.15, 0.2) is 5.13 Å². The Hall–Kier alpha value is -2.08. The van der Waals surface area contributed by atoms with Crippen LogP contribution in [0.25, 0.3) is 0 Å². The fraction of sp³-hybridized carbons (Fsp3) is 0.444. The van der Waals surface area contributed by atoms with Crippen molar-refractivity contribution in [2.45, 2.75) is 19.3 Å². The number of hydrogen-bond acceptors (Lipinski definition) is 5. The summed E-state index contributed by atoms with van der Waals surface area (Å²) in [5.74, 6) is 1.37. The van der Waals surface area contributed by atoms with Crippen molar-refractivity contribution in [2.24, 2.45) is 5.92 Å². The first kappa shape index (κ1) is 16.8. The Morgan fingerprint density at radius 1 is 1.42 bits per heavy atom. The Morgan fingerprint density at radius 3 is 2.96 bits per heavy atom. The highest BCUT2D eigenvalue weighted by molar-refractivity contribution is 7.13. The summed E-state index contributed by atoms with van der Waals surface area (Å²) >= 11 is 1.68. The molecule has 1 unspecified atom stereocenters. The molecule has 0 spiro atoms. The number of piperidine rings is 1. The van der Waals surface area contributed by atoms with Gasteiger partial charge in [0.2, 0.25) is 5.91 Å². The van der Waals surface area contributed by atoms with E-state index in [1.54, 1.807) is 18.4 Å². The minimum atomic E-state index is 0.0755. The quantitative estimate of drug-likeness (QED) is 0.875. The molecule has 1 aromatic carbocycles. The van der Waals surface area contributed by atoms with Crippen molar-refractivity contribution in [3.63, 3.8) is 0 Å². The van der Waals surface area contributed by atoms with Crippen molar-refractivity contribution < 1.29 is 9.53 Å². The SMILES string of the molecule is COc1ccc(CC(=O)NCC2CCCN(c3nccs3)C2)cc1. The number of amides is 1. The normalized spacial score (nSPS) is 17.5. The van der Waals surface area contributed by atoms with Crippen LogP contribution in [0.1, 0.15) is 18.4 Å². The first-order valence-electron chi connectivity index (χ1n) is 8.28. The van der Waals surface area contributed by atoms with Gasteiger partial charge >= 0.3 is 0 Å². The smallest absolute Gasteiger partial charge is 0.224 e. The highest BCUT2D eigenvalue weighted by Gasteiger charge is 2.21. The van der Waals surface area contributed by atoms with Crippen LogP contribution in [0.4, 0.5) is 5.13 Å². The number of hydrogen-bond donors (Lipinski definition) is 1. The van der Waals surface area contributed by atoms with E-state index in [9.17, 15) is 4.79 Å². The molecule has 1 aliphatic rings. The van der Waals surface area contributed by atoms with Crippen molar-refractivity contribution in [1.29, 1.82) is 0 Å². The fourth-order valence-electron chi connectivity index (χ4n) is 3.03. The van der Waals surface area contributed by atoms with Gasteiger partial charge in [-0.3, -0.25) is 4.79 Å². The van der Waals surface area contributed by atoms with E-state index in [1.807, 2.05) is 35.8 Å². The number of carbonyl (C=O) groups is 1. The molecule has 2 heterocycles. The lowest BCUT2D eigenvalue weighted by Crippen LogP contribution is -2.41. The molecule has 1 aliphatic heterocycles. The first-order valence-corrected chi connectivity index (χ1v) is 9.16. The van der Waals surface area contributed by atoms with Crippen LogP contribution in [-0.2, 0) is 11.2 Å². The van der Waals surface area contributed by atoms with E-state index in [2.05, 4.69) is 15.2 Å². The number of nitrogens with one attached hydrogen (secondary N) is 1. The second kappa shape index (κ2) is 8.15. The van der Waals surface area contributed by atoms with Crippen LogP contribution in [0.15, 0.2) is 35.8 Å². The molecular weight excluding hydrogens is 322 g/mol. The number of thiazole rings is 1. The molecule has 128 valence electrons. The summed E-state index contributed by atoms with van der Waals surface area (Å²) in [6.45, 7) is 2.76. The Bertz CT molecular complexity index is 643. The average Bonchev–Trinajstić information content (AvgIpc) is 3.16. The van der Waals surface area contributed by atoms with Crippen LogP contribution in [-0.4, -0.2) is 37.6 Å². The summed E-state index contributed by atoms with van der Waals surface area (Å²) < 4.78 is 5.13. The van der Waals surface area contributed by atoms with E-state index in [-0.39, 0.29) is 5.91 Å². The van der Waals surface area contributed by atoms with Crippen molar-refractivity contribution in [2.75, 3.05) is 31.6 Å². The van der Waals surface area contributed by atoms with Gasteiger partial charge in [0.25, 0.3) is 0 Å². The lowest BCUT2D eigenvalue weighted by molar-refractivity contribution is -0.120. The zero-order valence-electron chi connectivity index (χ0n) is 13.9.